The van der Waals surface area contributed by atoms with E-state index >= 15 is 0 Å². The van der Waals surface area contributed by atoms with Gasteiger partial charge in [-0.3, -0.25) is 4.68 Å². The van der Waals surface area contributed by atoms with Crippen LogP contribution in [0.4, 0.5) is 0 Å². The molecule has 0 saturated heterocycles. The van der Waals surface area contributed by atoms with Crippen LogP contribution in [-0.4, -0.2) is 21.8 Å². The standard InChI is InChI=1S/C14H20N4/c1-10-6-5-7-11(2)14(10)12(15-3)8-13-16-9-17-18(13)4/h5-7,9,12,15H,8H2,1-4H3. The first kappa shape index (κ1) is 12.8. The first-order chi connectivity index (χ1) is 8.63. The zero-order valence-corrected chi connectivity index (χ0v) is 11.4. The molecule has 1 aromatic carbocycles. The van der Waals surface area contributed by atoms with Crippen molar-refractivity contribution < 1.29 is 0 Å². The first-order valence-electron chi connectivity index (χ1n) is 6.19. The first-order valence-corrected chi connectivity index (χ1v) is 6.19. The van der Waals surface area contributed by atoms with Crippen LogP contribution in [-0.2, 0) is 13.5 Å². The Balaban J connectivity index is 2.32. The molecule has 0 amide bonds. The average Bonchev–Trinajstić information content (AvgIpc) is 2.73. The fraction of sp³-hybridized carbons (Fsp3) is 0.429. The average molecular weight is 244 g/mol. The Hall–Kier alpha value is -1.68. The maximum absolute atomic E-state index is 4.30. The summed E-state index contributed by atoms with van der Waals surface area (Å²) in [5.41, 5.74) is 4.00. The van der Waals surface area contributed by atoms with E-state index in [1.165, 1.54) is 16.7 Å². The van der Waals surface area contributed by atoms with Crippen molar-refractivity contribution in [3.8, 4) is 0 Å². The minimum Gasteiger partial charge on any atom is -0.313 e. The van der Waals surface area contributed by atoms with Gasteiger partial charge in [0.05, 0.1) is 0 Å². The van der Waals surface area contributed by atoms with E-state index < -0.39 is 0 Å². The molecule has 1 unspecified atom stereocenters. The molecule has 96 valence electrons. The fourth-order valence-electron chi connectivity index (χ4n) is 2.41. The SMILES string of the molecule is CNC(Cc1ncnn1C)c1c(C)cccc1C. The lowest BCUT2D eigenvalue weighted by Gasteiger charge is -2.20. The number of aryl methyl sites for hydroxylation is 3. The van der Waals surface area contributed by atoms with E-state index in [0.717, 1.165) is 12.2 Å². The fourth-order valence-corrected chi connectivity index (χ4v) is 2.41. The second kappa shape index (κ2) is 5.31. The van der Waals surface area contributed by atoms with Crippen molar-refractivity contribution in [1.82, 2.24) is 20.1 Å². The lowest BCUT2D eigenvalue weighted by atomic mass is 9.94. The molecular weight excluding hydrogens is 224 g/mol. The molecule has 0 radical (unpaired) electrons. The van der Waals surface area contributed by atoms with E-state index in [1.54, 1.807) is 6.33 Å². The molecule has 2 aromatic rings. The predicted octanol–water partition coefficient (Wildman–Crippen LogP) is 1.94. The lowest BCUT2D eigenvalue weighted by molar-refractivity contribution is 0.549. The summed E-state index contributed by atoms with van der Waals surface area (Å²) >= 11 is 0. The predicted molar refractivity (Wildman–Crippen MR) is 72.4 cm³/mol. The molecule has 1 heterocycles. The molecule has 4 heteroatoms. The molecule has 2 rings (SSSR count). The van der Waals surface area contributed by atoms with Crippen molar-refractivity contribution in [3.63, 3.8) is 0 Å². The van der Waals surface area contributed by atoms with Gasteiger partial charge in [0.15, 0.2) is 0 Å². The number of aromatic nitrogens is 3. The molecule has 0 aliphatic carbocycles. The number of nitrogens with one attached hydrogen (secondary N) is 1. The van der Waals surface area contributed by atoms with Crippen LogP contribution >= 0.6 is 0 Å². The number of likely N-dealkylation sites (N-methyl/N-ethyl adjacent to an activating group) is 1. The second-order valence-corrected chi connectivity index (χ2v) is 4.65. The number of nitrogens with zero attached hydrogens (tertiary/aromatic N) is 3. The Morgan fingerprint density at radius 3 is 2.44 bits per heavy atom. The van der Waals surface area contributed by atoms with E-state index in [4.69, 9.17) is 0 Å². The van der Waals surface area contributed by atoms with Gasteiger partial charge in [0.2, 0.25) is 0 Å². The largest absolute Gasteiger partial charge is 0.313 e. The Labute approximate surface area is 108 Å². The Kier molecular flexibility index (Phi) is 3.77. The molecule has 0 bridgehead atoms. The summed E-state index contributed by atoms with van der Waals surface area (Å²) < 4.78 is 1.83. The van der Waals surface area contributed by atoms with Crippen molar-refractivity contribution in [3.05, 3.63) is 47.0 Å². The smallest absolute Gasteiger partial charge is 0.138 e. The number of rotatable bonds is 4. The third-order valence-corrected chi connectivity index (χ3v) is 3.43. The van der Waals surface area contributed by atoms with E-state index in [9.17, 15) is 0 Å². The third kappa shape index (κ3) is 2.43. The van der Waals surface area contributed by atoms with Crippen molar-refractivity contribution in [1.29, 1.82) is 0 Å². The molecule has 18 heavy (non-hydrogen) atoms. The van der Waals surface area contributed by atoms with E-state index in [0.29, 0.717) is 0 Å². The maximum Gasteiger partial charge on any atom is 0.138 e. The van der Waals surface area contributed by atoms with Gasteiger partial charge >= 0.3 is 0 Å². The van der Waals surface area contributed by atoms with Crippen LogP contribution in [0.5, 0.6) is 0 Å². The van der Waals surface area contributed by atoms with Gasteiger partial charge < -0.3 is 5.32 Å². The highest BCUT2D eigenvalue weighted by Gasteiger charge is 2.16. The molecule has 1 atom stereocenters. The van der Waals surface area contributed by atoms with Gasteiger partial charge in [-0.1, -0.05) is 18.2 Å². The molecule has 0 fully saturated rings. The molecule has 0 spiro atoms. The highest BCUT2D eigenvalue weighted by atomic mass is 15.3. The molecule has 0 aliphatic rings. The summed E-state index contributed by atoms with van der Waals surface area (Å²) in [4.78, 5) is 4.30. The summed E-state index contributed by atoms with van der Waals surface area (Å²) in [5, 5.41) is 7.50. The summed E-state index contributed by atoms with van der Waals surface area (Å²) in [7, 11) is 3.92. The van der Waals surface area contributed by atoms with Crippen LogP contribution in [0.2, 0.25) is 0 Å². The highest BCUT2D eigenvalue weighted by Crippen LogP contribution is 2.24. The maximum atomic E-state index is 4.30. The molecule has 0 saturated carbocycles. The quantitative estimate of drug-likeness (QED) is 0.893. The van der Waals surface area contributed by atoms with Gasteiger partial charge in [-0.15, -0.1) is 0 Å². The zero-order valence-electron chi connectivity index (χ0n) is 11.4. The molecule has 1 N–H and O–H groups in total. The molecule has 4 nitrogen and oxygen atoms in total. The van der Waals surface area contributed by atoms with E-state index in [1.807, 2.05) is 18.8 Å². The van der Waals surface area contributed by atoms with Crippen molar-refractivity contribution in [2.75, 3.05) is 7.05 Å². The minimum atomic E-state index is 0.272. The van der Waals surface area contributed by atoms with Crippen molar-refractivity contribution >= 4 is 0 Å². The third-order valence-electron chi connectivity index (χ3n) is 3.43. The Bertz CT molecular complexity index is 510. The number of hydrogen-bond acceptors (Lipinski definition) is 3. The summed E-state index contributed by atoms with van der Waals surface area (Å²) in [5.74, 6) is 0.997. The number of hydrogen-bond donors (Lipinski definition) is 1. The van der Waals surface area contributed by atoms with Gasteiger partial charge in [0.25, 0.3) is 0 Å². The van der Waals surface area contributed by atoms with Crippen molar-refractivity contribution in [2.24, 2.45) is 7.05 Å². The molecular formula is C14H20N4. The second-order valence-electron chi connectivity index (χ2n) is 4.65. The number of benzene rings is 1. The van der Waals surface area contributed by atoms with Gasteiger partial charge in [-0.05, 0) is 37.6 Å². The van der Waals surface area contributed by atoms with Gasteiger partial charge in [0.1, 0.15) is 12.2 Å². The van der Waals surface area contributed by atoms with Gasteiger partial charge in [0, 0.05) is 19.5 Å². The van der Waals surface area contributed by atoms with Crippen LogP contribution in [0.1, 0.15) is 28.6 Å². The summed E-state index contributed by atoms with van der Waals surface area (Å²) in [6.45, 7) is 4.31. The van der Waals surface area contributed by atoms with Crippen molar-refractivity contribution in [2.45, 2.75) is 26.3 Å². The molecule has 1 aromatic heterocycles. The Morgan fingerprint density at radius 1 is 1.28 bits per heavy atom. The van der Waals surface area contributed by atoms with Crippen LogP contribution < -0.4 is 5.32 Å². The topological polar surface area (TPSA) is 42.7 Å². The lowest BCUT2D eigenvalue weighted by Crippen LogP contribution is -2.22. The van der Waals surface area contributed by atoms with E-state index in [2.05, 4.69) is 47.4 Å². The minimum absolute atomic E-state index is 0.272. The highest BCUT2D eigenvalue weighted by molar-refractivity contribution is 5.36. The van der Waals surface area contributed by atoms with Gasteiger partial charge in [-0.25, -0.2) is 4.98 Å². The summed E-state index contributed by atoms with van der Waals surface area (Å²) in [6.07, 6.45) is 2.45. The Morgan fingerprint density at radius 2 is 1.94 bits per heavy atom. The van der Waals surface area contributed by atoms with Crippen LogP contribution in [0.25, 0.3) is 0 Å². The molecule has 0 aliphatic heterocycles. The monoisotopic (exact) mass is 244 g/mol. The summed E-state index contributed by atoms with van der Waals surface area (Å²) in [6, 6.07) is 6.68. The van der Waals surface area contributed by atoms with Gasteiger partial charge in [-0.2, -0.15) is 5.10 Å². The van der Waals surface area contributed by atoms with Crippen LogP contribution in [0.15, 0.2) is 24.5 Å². The zero-order chi connectivity index (χ0) is 13.1. The van der Waals surface area contributed by atoms with Crippen LogP contribution in [0.3, 0.4) is 0 Å². The van der Waals surface area contributed by atoms with E-state index in [-0.39, 0.29) is 6.04 Å². The normalized spacial score (nSPS) is 12.7. The van der Waals surface area contributed by atoms with Crippen LogP contribution in [0, 0.1) is 13.8 Å².